The van der Waals surface area contributed by atoms with Gasteiger partial charge < -0.3 is 14.8 Å². The third-order valence-electron chi connectivity index (χ3n) is 4.35. The number of Topliss-reactive ketones (excluding diaryl/α,β-unsaturated/α-hetero) is 1. The molecule has 132 valence electrons. The number of methoxy groups -OCH3 is 2. The number of hydrogen-bond donors (Lipinski definition) is 1. The van der Waals surface area contributed by atoms with Crippen LogP contribution in [0.25, 0.3) is 0 Å². The third kappa shape index (κ3) is 3.61. The van der Waals surface area contributed by atoms with E-state index < -0.39 is 16.3 Å². The molecule has 1 amide bonds. The smallest absolute Gasteiger partial charge is 0.217 e. The summed E-state index contributed by atoms with van der Waals surface area (Å²) in [5.74, 6) is 0.825. The van der Waals surface area contributed by atoms with Gasteiger partial charge in [-0.15, -0.1) is 0 Å². The molecule has 1 aromatic rings. The number of carbonyl (C=O) groups excluding carboxylic acids is 2. The van der Waals surface area contributed by atoms with Crippen LogP contribution in [0.3, 0.4) is 0 Å². The highest BCUT2D eigenvalue weighted by atomic mass is 32.2. The van der Waals surface area contributed by atoms with Gasteiger partial charge in [-0.25, -0.2) is 0 Å². The Morgan fingerprint density at radius 1 is 1.21 bits per heavy atom. The minimum atomic E-state index is -1.27. The molecule has 0 unspecified atom stereocenters. The van der Waals surface area contributed by atoms with E-state index in [0.717, 1.165) is 16.9 Å². The number of rotatable bonds is 6. The summed E-state index contributed by atoms with van der Waals surface area (Å²) in [6, 6.07) is 3.63. The number of ether oxygens (including phenoxy) is 2. The number of carbonyl (C=O) groups is 2. The fraction of sp³-hybridized carbons (Fsp3) is 0.529. The van der Waals surface area contributed by atoms with E-state index >= 15 is 0 Å². The molecule has 0 spiro atoms. The average molecular weight is 353 g/mol. The lowest BCUT2D eigenvalue weighted by atomic mass is 9.75. The van der Waals surface area contributed by atoms with E-state index in [9.17, 15) is 13.8 Å². The van der Waals surface area contributed by atoms with Crippen molar-refractivity contribution in [2.45, 2.75) is 31.7 Å². The van der Waals surface area contributed by atoms with E-state index in [1.165, 1.54) is 13.2 Å². The van der Waals surface area contributed by atoms with Crippen molar-refractivity contribution in [3.05, 3.63) is 23.3 Å². The Bertz CT molecular complexity index is 688. The first kappa shape index (κ1) is 18.4. The zero-order valence-corrected chi connectivity index (χ0v) is 15.2. The molecule has 2 atom stereocenters. The molecular weight excluding hydrogens is 330 g/mol. The fourth-order valence-corrected chi connectivity index (χ4v) is 3.95. The van der Waals surface area contributed by atoms with Crippen LogP contribution in [0.1, 0.15) is 24.5 Å². The molecule has 0 saturated heterocycles. The maximum atomic E-state index is 12.8. The SMILES string of the molecule is COc1ccc(OC)c2c1CC[C@](NC(C)=O)(C(=O)C[S@@](C)=O)C2. The van der Waals surface area contributed by atoms with Gasteiger partial charge in [0, 0.05) is 41.5 Å². The van der Waals surface area contributed by atoms with Gasteiger partial charge in [0.05, 0.1) is 20.0 Å². The van der Waals surface area contributed by atoms with Crippen molar-refractivity contribution in [1.82, 2.24) is 5.32 Å². The predicted octanol–water partition coefficient (Wildman–Crippen LogP) is 1.01. The van der Waals surface area contributed by atoms with Crippen LogP contribution < -0.4 is 14.8 Å². The molecule has 0 fully saturated rings. The number of amides is 1. The minimum absolute atomic E-state index is 0.0815. The topological polar surface area (TPSA) is 81.7 Å². The van der Waals surface area contributed by atoms with Crippen molar-refractivity contribution in [2.75, 3.05) is 26.2 Å². The van der Waals surface area contributed by atoms with Crippen LogP contribution in [-0.4, -0.2) is 47.7 Å². The van der Waals surface area contributed by atoms with Crippen LogP contribution in [-0.2, 0) is 33.2 Å². The Hall–Kier alpha value is -1.89. The summed E-state index contributed by atoms with van der Waals surface area (Å²) in [7, 11) is 1.90. The molecule has 1 N–H and O–H groups in total. The second-order valence-electron chi connectivity index (χ2n) is 6.01. The molecule has 7 heteroatoms. The Kier molecular flexibility index (Phi) is 5.64. The van der Waals surface area contributed by atoms with E-state index in [0.29, 0.717) is 25.0 Å². The van der Waals surface area contributed by atoms with Crippen LogP contribution in [0.4, 0.5) is 0 Å². The van der Waals surface area contributed by atoms with Gasteiger partial charge in [-0.05, 0) is 25.0 Å². The van der Waals surface area contributed by atoms with Gasteiger partial charge in [0.2, 0.25) is 5.91 Å². The summed E-state index contributed by atoms with van der Waals surface area (Å²) in [6.45, 7) is 1.39. The zero-order chi connectivity index (χ0) is 17.9. The molecule has 24 heavy (non-hydrogen) atoms. The van der Waals surface area contributed by atoms with Crippen molar-refractivity contribution in [3.63, 3.8) is 0 Å². The van der Waals surface area contributed by atoms with Crippen molar-refractivity contribution >= 4 is 22.5 Å². The van der Waals surface area contributed by atoms with Crippen molar-refractivity contribution in [2.24, 2.45) is 0 Å². The van der Waals surface area contributed by atoms with Crippen LogP contribution in [0, 0.1) is 0 Å². The zero-order valence-electron chi connectivity index (χ0n) is 14.4. The van der Waals surface area contributed by atoms with Gasteiger partial charge in [0.15, 0.2) is 5.78 Å². The molecule has 6 nitrogen and oxygen atoms in total. The van der Waals surface area contributed by atoms with Crippen LogP contribution in [0.15, 0.2) is 12.1 Å². The number of benzene rings is 1. The molecule has 2 rings (SSSR count). The summed E-state index contributed by atoms with van der Waals surface area (Å²) < 4.78 is 22.4. The first-order valence-corrected chi connectivity index (χ1v) is 9.40. The molecule has 0 bridgehead atoms. The van der Waals surface area contributed by atoms with Gasteiger partial charge in [-0.2, -0.15) is 0 Å². The predicted molar refractivity (Wildman–Crippen MR) is 92.1 cm³/mol. The number of ketones is 1. The Morgan fingerprint density at radius 3 is 2.29 bits per heavy atom. The highest BCUT2D eigenvalue weighted by Crippen LogP contribution is 2.40. The number of fused-ring (bicyclic) bond motifs is 1. The molecule has 1 aliphatic carbocycles. The first-order valence-electron chi connectivity index (χ1n) is 7.68. The normalized spacial score (nSPS) is 20.7. The van der Waals surface area contributed by atoms with Crippen LogP contribution in [0.2, 0.25) is 0 Å². The summed E-state index contributed by atoms with van der Waals surface area (Å²) in [4.78, 5) is 24.5. The van der Waals surface area contributed by atoms with Gasteiger partial charge in [0.25, 0.3) is 0 Å². The van der Waals surface area contributed by atoms with Crippen molar-refractivity contribution in [1.29, 1.82) is 0 Å². The summed E-state index contributed by atoms with van der Waals surface area (Å²) >= 11 is 0. The Morgan fingerprint density at radius 2 is 1.79 bits per heavy atom. The fourth-order valence-electron chi connectivity index (χ4n) is 3.30. The third-order valence-corrected chi connectivity index (χ3v) is 5.02. The molecule has 1 aliphatic rings. The lowest BCUT2D eigenvalue weighted by Gasteiger charge is -2.38. The monoisotopic (exact) mass is 353 g/mol. The Labute approximate surface area is 144 Å². The minimum Gasteiger partial charge on any atom is -0.496 e. The van der Waals surface area contributed by atoms with Gasteiger partial charge in [-0.3, -0.25) is 13.8 Å². The summed E-state index contributed by atoms with van der Waals surface area (Å²) in [5.41, 5.74) is 0.791. The van der Waals surface area contributed by atoms with Gasteiger partial charge in [0.1, 0.15) is 17.0 Å². The van der Waals surface area contributed by atoms with Gasteiger partial charge in [-0.1, -0.05) is 0 Å². The highest BCUT2D eigenvalue weighted by molar-refractivity contribution is 7.85. The molecular formula is C17H23NO5S. The largest absolute Gasteiger partial charge is 0.496 e. The van der Waals surface area contributed by atoms with E-state index in [4.69, 9.17) is 9.47 Å². The van der Waals surface area contributed by atoms with Crippen molar-refractivity contribution < 1.29 is 23.3 Å². The van der Waals surface area contributed by atoms with E-state index in [1.807, 2.05) is 6.07 Å². The molecule has 0 aliphatic heterocycles. The molecule has 0 aromatic heterocycles. The van der Waals surface area contributed by atoms with Crippen LogP contribution in [0.5, 0.6) is 11.5 Å². The molecule has 0 saturated carbocycles. The van der Waals surface area contributed by atoms with Crippen molar-refractivity contribution in [3.8, 4) is 11.5 Å². The highest BCUT2D eigenvalue weighted by Gasteiger charge is 2.43. The number of nitrogens with one attached hydrogen (secondary N) is 1. The molecule has 0 heterocycles. The summed E-state index contributed by atoms with van der Waals surface area (Å²) in [5, 5.41) is 2.81. The number of hydrogen-bond acceptors (Lipinski definition) is 5. The molecule has 0 radical (unpaired) electrons. The molecule has 1 aromatic carbocycles. The van der Waals surface area contributed by atoms with E-state index in [2.05, 4.69) is 5.32 Å². The second kappa shape index (κ2) is 7.34. The van der Waals surface area contributed by atoms with Crippen LogP contribution >= 0.6 is 0 Å². The van der Waals surface area contributed by atoms with E-state index in [-0.39, 0.29) is 17.4 Å². The average Bonchev–Trinajstić information content (AvgIpc) is 2.52. The summed E-state index contributed by atoms with van der Waals surface area (Å²) in [6.07, 6.45) is 2.80. The maximum absolute atomic E-state index is 12.8. The Balaban J connectivity index is 2.50. The standard InChI is InChI=1S/C17H23NO5S/c1-11(19)18-17(16(20)10-24(4)21)8-7-12-13(9-17)15(23-3)6-5-14(12)22-2/h5-6H,7-10H2,1-4H3,(H,18,19)/t17-,24-/m1/s1. The lowest BCUT2D eigenvalue weighted by Crippen LogP contribution is -2.58. The maximum Gasteiger partial charge on any atom is 0.217 e. The quantitative estimate of drug-likeness (QED) is 0.826. The second-order valence-corrected chi connectivity index (χ2v) is 7.44. The lowest BCUT2D eigenvalue weighted by molar-refractivity contribution is -0.130. The first-order chi connectivity index (χ1) is 11.3. The van der Waals surface area contributed by atoms with E-state index in [1.54, 1.807) is 20.3 Å². The van der Waals surface area contributed by atoms with Gasteiger partial charge >= 0.3 is 0 Å².